The normalized spacial score (nSPS) is 16.0. The Morgan fingerprint density at radius 1 is 0.935 bits per heavy atom. The molecule has 2 saturated heterocycles. The van der Waals surface area contributed by atoms with Crippen LogP contribution in [0.15, 0.2) is 66.9 Å². The van der Waals surface area contributed by atoms with Gasteiger partial charge < -0.3 is 29.4 Å². The molecule has 2 aromatic heterocycles. The number of para-hydroxylation sites is 1. The van der Waals surface area contributed by atoms with Crippen molar-refractivity contribution in [2.75, 3.05) is 77.5 Å². The summed E-state index contributed by atoms with van der Waals surface area (Å²) in [5, 5.41) is 15.9. The fourth-order valence-electron chi connectivity index (χ4n) is 6.25. The Kier molecular flexibility index (Phi) is 9.87. The lowest BCUT2D eigenvalue weighted by atomic mass is 10.1. The van der Waals surface area contributed by atoms with Gasteiger partial charge in [0.1, 0.15) is 17.3 Å². The van der Waals surface area contributed by atoms with Crippen LogP contribution in [0.25, 0.3) is 21.8 Å². The fourth-order valence-corrected chi connectivity index (χ4v) is 6.25. The van der Waals surface area contributed by atoms with Crippen molar-refractivity contribution in [3.63, 3.8) is 0 Å². The molecule has 10 nitrogen and oxygen atoms in total. The van der Waals surface area contributed by atoms with Crippen molar-refractivity contribution in [1.29, 1.82) is 0 Å². The lowest BCUT2D eigenvalue weighted by molar-refractivity contribution is 0.0293. The first-order valence-corrected chi connectivity index (χ1v) is 16.2. The van der Waals surface area contributed by atoms with Crippen LogP contribution in [-0.2, 0) is 11.8 Å². The molecule has 2 fully saturated rings. The molecule has 6 rings (SSSR count). The highest BCUT2D eigenvalue weighted by molar-refractivity contribution is 5.96. The van der Waals surface area contributed by atoms with Crippen LogP contribution < -0.4 is 10.1 Å². The van der Waals surface area contributed by atoms with Crippen LogP contribution >= 0.6 is 0 Å². The van der Waals surface area contributed by atoms with Gasteiger partial charge in [-0.05, 0) is 61.9 Å². The standard InChI is InChI=1S/C36H44N6O4/c1-4-46-34-23-27(36(44)42-15-13-40(14-16-42)11-12-41-17-19-45-20-18-41)9-10-30(34)38-35-24-32-28(25-37-35)21-26(2)22-33(43)29-7-5-6-8-31(29)39(32)3/h5-10,21-25,43H,4,11-20H2,1-3H3,(H,37,38). The maximum atomic E-state index is 13.5. The minimum atomic E-state index is 0.0231. The summed E-state index contributed by atoms with van der Waals surface area (Å²) in [5.41, 5.74) is 4.08. The molecule has 0 unspecified atom stereocenters. The summed E-state index contributed by atoms with van der Waals surface area (Å²) in [6, 6.07) is 19.2. The number of nitrogens with zero attached hydrogens (tertiary/aromatic N) is 5. The number of carbonyl (C=O) groups excluding carboxylic acids is 1. The number of anilines is 2. The van der Waals surface area contributed by atoms with Gasteiger partial charge in [-0.15, -0.1) is 0 Å². The van der Waals surface area contributed by atoms with Gasteiger partial charge in [0.15, 0.2) is 0 Å². The molecule has 0 bridgehead atoms. The minimum absolute atomic E-state index is 0.0231. The van der Waals surface area contributed by atoms with Crippen LogP contribution in [-0.4, -0.2) is 107 Å². The van der Waals surface area contributed by atoms with E-state index >= 15 is 0 Å². The van der Waals surface area contributed by atoms with E-state index in [2.05, 4.69) is 19.7 Å². The maximum absolute atomic E-state index is 13.5. The van der Waals surface area contributed by atoms with Gasteiger partial charge in [0, 0.05) is 88.0 Å². The van der Waals surface area contributed by atoms with Crippen LogP contribution in [0.1, 0.15) is 22.8 Å². The molecule has 2 aliphatic heterocycles. The zero-order valence-electron chi connectivity index (χ0n) is 27.0. The van der Waals surface area contributed by atoms with Crippen LogP contribution in [0.5, 0.6) is 11.5 Å². The number of rotatable bonds is 8. The van der Waals surface area contributed by atoms with E-state index in [1.165, 1.54) is 0 Å². The third-order valence-electron chi connectivity index (χ3n) is 8.85. The van der Waals surface area contributed by atoms with Gasteiger partial charge >= 0.3 is 0 Å². The van der Waals surface area contributed by atoms with Crippen molar-refractivity contribution < 1.29 is 19.4 Å². The average Bonchev–Trinajstić information content (AvgIpc) is 3.12. The number of fused-ring (bicyclic) bond motifs is 2. The first-order chi connectivity index (χ1) is 22.4. The number of pyridine rings is 1. The van der Waals surface area contributed by atoms with Crippen molar-refractivity contribution in [3.8, 4) is 11.5 Å². The number of aromatic nitrogens is 2. The quantitative estimate of drug-likeness (QED) is 0.280. The van der Waals surface area contributed by atoms with Crippen LogP contribution in [0.2, 0.25) is 0 Å². The van der Waals surface area contributed by atoms with Crippen molar-refractivity contribution in [2.45, 2.75) is 13.8 Å². The molecule has 242 valence electrons. The number of ether oxygens (including phenoxy) is 2. The van der Waals surface area contributed by atoms with E-state index < -0.39 is 0 Å². The number of aryl methyl sites for hydroxylation is 2. The Hall–Kier alpha value is -4.38. The lowest BCUT2D eigenvalue weighted by Gasteiger charge is -2.36. The molecular weight excluding hydrogens is 580 g/mol. The van der Waals surface area contributed by atoms with Crippen molar-refractivity contribution >= 4 is 39.2 Å². The predicted octanol–water partition coefficient (Wildman–Crippen LogP) is 5.10. The molecule has 0 atom stereocenters. The highest BCUT2D eigenvalue weighted by Crippen LogP contribution is 2.31. The fraction of sp³-hybridized carbons (Fsp3) is 0.389. The smallest absolute Gasteiger partial charge is 0.254 e. The highest BCUT2D eigenvalue weighted by Gasteiger charge is 2.24. The topological polar surface area (TPSA) is 95.3 Å². The molecule has 10 heteroatoms. The molecular formula is C36H44N6O4. The molecule has 4 aromatic rings. The average molecular weight is 625 g/mol. The molecule has 0 aliphatic carbocycles. The minimum Gasteiger partial charge on any atom is -0.507 e. The van der Waals surface area contributed by atoms with E-state index in [0.717, 1.165) is 85.5 Å². The number of piperazine rings is 1. The third-order valence-corrected chi connectivity index (χ3v) is 8.85. The molecule has 46 heavy (non-hydrogen) atoms. The lowest BCUT2D eigenvalue weighted by Crippen LogP contribution is -2.51. The van der Waals surface area contributed by atoms with Crippen molar-refractivity contribution in [1.82, 2.24) is 24.3 Å². The van der Waals surface area contributed by atoms with Gasteiger partial charge in [-0.2, -0.15) is 0 Å². The Bertz CT molecular complexity index is 1760. The summed E-state index contributed by atoms with van der Waals surface area (Å²) >= 11 is 0. The largest absolute Gasteiger partial charge is 0.507 e. The number of benzene rings is 2. The summed E-state index contributed by atoms with van der Waals surface area (Å²) < 4.78 is 13.5. The predicted molar refractivity (Wildman–Crippen MR) is 183 cm³/mol. The van der Waals surface area contributed by atoms with E-state index in [4.69, 9.17) is 14.5 Å². The highest BCUT2D eigenvalue weighted by atomic mass is 16.5. The Labute approximate surface area is 270 Å². The van der Waals surface area contributed by atoms with Crippen LogP contribution in [0.3, 0.4) is 0 Å². The van der Waals surface area contributed by atoms with Gasteiger partial charge in [-0.3, -0.25) is 14.6 Å². The van der Waals surface area contributed by atoms with Gasteiger partial charge in [0.2, 0.25) is 0 Å². The summed E-state index contributed by atoms with van der Waals surface area (Å²) in [4.78, 5) is 25.1. The number of aromatic hydroxyl groups is 1. The Balaban J connectivity index is 1.21. The molecule has 0 spiro atoms. The van der Waals surface area contributed by atoms with Gasteiger partial charge in [0.25, 0.3) is 5.91 Å². The van der Waals surface area contributed by atoms with E-state index in [9.17, 15) is 9.90 Å². The second-order valence-electron chi connectivity index (χ2n) is 12.0. The monoisotopic (exact) mass is 624 g/mol. The SMILES string of the molecule is CCOc1cc(C(=O)N2CCN(CCN3CCOCC3)CC2)ccc1Nc1cc2c(cn1)cc(C)cc(O)c1ccccc1n2C. The van der Waals surface area contributed by atoms with E-state index in [1.807, 2.05) is 86.6 Å². The summed E-state index contributed by atoms with van der Waals surface area (Å²) in [7, 11) is 1.99. The molecule has 2 aromatic carbocycles. The van der Waals surface area contributed by atoms with Gasteiger partial charge in [-0.1, -0.05) is 12.1 Å². The molecule has 0 saturated carbocycles. The van der Waals surface area contributed by atoms with Crippen LogP contribution in [0, 0.1) is 6.92 Å². The zero-order chi connectivity index (χ0) is 32.0. The van der Waals surface area contributed by atoms with E-state index in [1.54, 1.807) is 6.07 Å². The Morgan fingerprint density at radius 3 is 2.43 bits per heavy atom. The molecule has 1 amide bonds. The summed E-state index contributed by atoms with van der Waals surface area (Å²) in [6.45, 7) is 13.2. The second kappa shape index (κ2) is 14.4. The van der Waals surface area contributed by atoms with Crippen molar-refractivity contribution in [3.05, 3.63) is 78.0 Å². The molecule has 2 aliphatic rings. The number of hydrogen-bond donors (Lipinski definition) is 2. The molecule has 0 radical (unpaired) electrons. The maximum Gasteiger partial charge on any atom is 0.254 e. The van der Waals surface area contributed by atoms with Gasteiger partial charge in [0.05, 0.1) is 36.5 Å². The van der Waals surface area contributed by atoms with Gasteiger partial charge in [-0.25, -0.2) is 4.98 Å². The van der Waals surface area contributed by atoms with E-state index in [-0.39, 0.29) is 11.7 Å². The second-order valence-corrected chi connectivity index (χ2v) is 12.0. The number of hydrogen-bond acceptors (Lipinski definition) is 8. The molecule has 4 heterocycles. The zero-order valence-corrected chi connectivity index (χ0v) is 27.0. The number of nitrogens with one attached hydrogen (secondary N) is 1. The van der Waals surface area contributed by atoms with Crippen LogP contribution in [0.4, 0.5) is 11.5 Å². The summed E-state index contributed by atoms with van der Waals surface area (Å²) in [5.74, 6) is 1.48. The Morgan fingerprint density at radius 2 is 1.67 bits per heavy atom. The number of morpholine rings is 1. The molecule has 2 N–H and O–H groups in total. The number of carbonyl (C=O) groups is 1. The number of amides is 1. The summed E-state index contributed by atoms with van der Waals surface area (Å²) in [6.07, 6.45) is 1.83. The van der Waals surface area contributed by atoms with E-state index in [0.29, 0.717) is 36.8 Å². The third kappa shape index (κ3) is 7.20. The van der Waals surface area contributed by atoms with Crippen molar-refractivity contribution in [2.24, 2.45) is 7.05 Å². The first-order valence-electron chi connectivity index (χ1n) is 16.2. The first kappa shape index (κ1) is 31.6.